The minimum absolute atomic E-state index is 0.0765. The summed E-state index contributed by atoms with van der Waals surface area (Å²) in [7, 11) is -1.11. The van der Waals surface area contributed by atoms with E-state index in [4.69, 9.17) is 4.43 Å². The van der Waals surface area contributed by atoms with Crippen LogP contribution in [0.5, 0.6) is 0 Å². The van der Waals surface area contributed by atoms with Crippen molar-refractivity contribution in [1.29, 1.82) is 0 Å². The number of carbonyl (C=O) groups is 1. The van der Waals surface area contributed by atoms with Gasteiger partial charge in [-0.25, -0.2) is 4.79 Å². The van der Waals surface area contributed by atoms with Crippen LogP contribution in [-0.2, 0) is 9.22 Å². The van der Waals surface area contributed by atoms with Crippen LogP contribution in [0.2, 0.25) is 13.1 Å². The molecule has 0 bridgehead atoms. The van der Waals surface area contributed by atoms with Gasteiger partial charge in [-0.15, -0.1) is 0 Å². The van der Waals surface area contributed by atoms with Crippen LogP contribution in [0.15, 0.2) is 11.1 Å². The van der Waals surface area contributed by atoms with E-state index < -0.39 is 15.0 Å². The van der Waals surface area contributed by atoms with Gasteiger partial charge in [0, 0.05) is 11.7 Å². The van der Waals surface area contributed by atoms with Crippen LogP contribution in [0.3, 0.4) is 0 Å². The molecule has 0 aliphatic heterocycles. The predicted molar refractivity (Wildman–Crippen MR) is 87.6 cm³/mol. The maximum atomic E-state index is 11.7. The third kappa shape index (κ3) is 6.22. The molecule has 0 amide bonds. The van der Waals surface area contributed by atoms with E-state index in [0.717, 1.165) is 5.57 Å². The molecule has 0 saturated heterocycles. The summed E-state index contributed by atoms with van der Waals surface area (Å²) in [5, 5.41) is 9.65. The maximum Gasteiger partial charge on any atom is 0.332 e. The molecule has 1 atom stereocenters. The number of hydrogen-bond donors (Lipinski definition) is 1. The van der Waals surface area contributed by atoms with Crippen molar-refractivity contribution < 1.29 is 14.3 Å². The Balaban J connectivity index is 5.71. The molecule has 3 nitrogen and oxygen atoms in total. The molecule has 0 fully saturated rings. The molecule has 0 saturated carbocycles. The second-order valence-electron chi connectivity index (χ2n) is 7.86. The van der Waals surface area contributed by atoms with Gasteiger partial charge in [-0.2, -0.15) is 0 Å². The van der Waals surface area contributed by atoms with Crippen molar-refractivity contribution in [3.8, 4) is 0 Å². The van der Waals surface area contributed by atoms with Crippen LogP contribution >= 0.6 is 0 Å². The van der Waals surface area contributed by atoms with Gasteiger partial charge in [-0.1, -0.05) is 47.1 Å². The Morgan fingerprint density at radius 1 is 1.10 bits per heavy atom. The second-order valence-corrected chi connectivity index (χ2v) is 10.2. The minimum atomic E-state index is -1.11. The fourth-order valence-corrected chi connectivity index (χ4v) is 3.51. The number of carboxylic acids is 1. The van der Waals surface area contributed by atoms with E-state index >= 15 is 0 Å². The number of hydrogen-bond acceptors (Lipinski definition) is 2. The molecule has 0 aliphatic carbocycles. The van der Waals surface area contributed by atoms with E-state index in [9.17, 15) is 9.90 Å². The van der Waals surface area contributed by atoms with Crippen LogP contribution in [-0.4, -0.2) is 26.2 Å². The van der Waals surface area contributed by atoms with E-state index in [1.165, 1.54) is 0 Å². The predicted octanol–water partition coefficient (Wildman–Crippen LogP) is 4.24. The number of carboxylic acid groups (broad SMARTS) is 1. The quantitative estimate of drug-likeness (QED) is 0.610. The van der Waals surface area contributed by atoms with Gasteiger partial charge in [-0.05, 0) is 37.3 Å². The summed E-state index contributed by atoms with van der Waals surface area (Å²) in [6.45, 7) is 18.4. The normalized spacial score (nSPS) is 16.1. The molecule has 0 aromatic rings. The van der Waals surface area contributed by atoms with Crippen LogP contribution in [0.1, 0.15) is 54.9 Å². The van der Waals surface area contributed by atoms with Gasteiger partial charge in [0.05, 0.1) is 0 Å². The Morgan fingerprint density at radius 3 is 1.80 bits per heavy atom. The fourth-order valence-electron chi connectivity index (χ4n) is 2.49. The number of aliphatic carboxylic acids is 1. The lowest BCUT2D eigenvalue weighted by atomic mass is 9.73. The van der Waals surface area contributed by atoms with Crippen molar-refractivity contribution in [1.82, 2.24) is 0 Å². The monoisotopic (exact) mass is 300 g/mol. The van der Waals surface area contributed by atoms with Gasteiger partial charge >= 0.3 is 5.97 Å². The van der Waals surface area contributed by atoms with Gasteiger partial charge in [0.15, 0.2) is 9.04 Å². The van der Waals surface area contributed by atoms with Gasteiger partial charge in [0.1, 0.15) is 0 Å². The van der Waals surface area contributed by atoms with Crippen LogP contribution in [0, 0.1) is 10.8 Å². The molecule has 4 heteroatoms. The Labute approximate surface area is 126 Å². The van der Waals surface area contributed by atoms with Gasteiger partial charge in [0.2, 0.25) is 0 Å². The summed E-state index contributed by atoms with van der Waals surface area (Å²) in [6.07, 6.45) is 0.765. The van der Waals surface area contributed by atoms with E-state index in [0.29, 0.717) is 12.0 Å². The van der Waals surface area contributed by atoms with Crippen molar-refractivity contribution in [3.63, 3.8) is 0 Å². The summed E-state index contributed by atoms with van der Waals surface area (Å²) in [5.74, 6) is -0.809. The zero-order valence-electron chi connectivity index (χ0n) is 14.6. The summed E-state index contributed by atoms with van der Waals surface area (Å²) < 4.78 is 5.93. The van der Waals surface area contributed by atoms with E-state index in [1.54, 1.807) is 0 Å². The lowest BCUT2D eigenvalue weighted by Gasteiger charge is -2.33. The average molecular weight is 301 g/mol. The molecule has 0 aromatic heterocycles. The lowest BCUT2D eigenvalue weighted by molar-refractivity contribution is -0.133. The Bertz CT molecular complexity index is 370. The second kappa shape index (κ2) is 6.90. The topological polar surface area (TPSA) is 46.5 Å². The standard InChI is InChI=1S/C16H32O3Si/c1-11(19-20(8)9)10-12(15(2,3)4)13(14(17)18)16(5,6)7/h11,20H,10H2,1-9H3,(H,17,18)/b13-12+/t11-/m0/s1. The molecule has 0 radical (unpaired) electrons. The molecule has 0 aliphatic rings. The van der Waals surface area contributed by atoms with Crippen molar-refractivity contribution in [2.45, 2.75) is 74.1 Å². The summed E-state index contributed by atoms with van der Waals surface area (Å²) in [5.41, 5.74) is 0.992. The third-order valence-electron chi connectivity index (χ3n) is 3.17. The van der Waals surface area contributed by atoms with E-state index in [2.05, 4.69) is 33.9 Å². The van der Waals surface area contributed by atoms with Crippen molar-refractivity contribution in [2.75, 3.05) is 0 Å². The largest absolute Gasteiger partial charge is 0.478 e. The Morgan fingerprint density at radius 2 is 1.55 bits per heavy atom. The fraction of sp³-hybridized carbons (Fsp3) is 0.812. The first kappa shape index (κ1) is 19.4. The van der Waals surface area contributed by atoms with Crippen LogP contribution < -0.4 is 0 Å². The van der Waals surface area contributed by atoms with Crippen molar-refractivity contribution >= 4 is 15.0 Å². The molecular formula is C16H32O3Si. The smallest absolute Gasteiger partial charge is 0.332 e. The highest BCUT2D eigenvalue weighted by molar-refractivity contribution is 6.48. The average Bonchev–Trinajstić information content (AvgIpc) is 2.10. The first-order valence-corrected chi connectivity index (χ1v) is 10.2. The molecule has 1 N–H and O–H groups in total. The highest BCUT2D eigenvalue weighted by atomic mass is 28.3. The zero-order chi connectivity index (χ0) is 16.3. The van der Waals surface area contributed by atoms with Gasteiger partial charge < -0.3 is 9.53 Å². The van der Waals surface area contributed by atoms with Crippen molar-refractivity contribution in [3.05, 3.63) is 11.1 Å². The summed E-state index contributed by atoms with van der Waals surface area (Å²) in [4.78, 5) is 11.7. The Hall–Kier alpha value is -0.613. The van der Waals surface area contributed by atoms with E-state index in [-0.39, 0.29) is 16.9 Å². The van der Waals surface area contributed by atoms with Crippen LogP contribution in [0.25, 0.3) is 0 Å². The third-order valence-corrected chi connectivity index (χ3v) is 4.18. The lowest BCUT2D eigenvalue weighted by Crippen LogP contribution is -2.28. The van der Waals surface area contributed by atoms with E-state index in [1.807, 2.05) is 27.7 Å². The minimum Gasteiger partial charge on any atom is -0.478 e. The highest BCUT2D eigenvalue weighted by Crippen LogP contribution is 2.39. The van der Waals surface area contributed by atoms with Gasteiger partial charge in [-0.3, -0.25) is 0 Å². The molecule has 118 valence electrons. The molecule has 0 heterocycles. The first-order valence-electron chi connectivity index (χ1n) is 7.39. The molecule has 0 spiro atoms. The molecule has 0 aromatic carbocycles. The Kier molecular flexibility index (Phi) is 6.69. The molecular weight excluding hydrogens is 268 g/mol. The van der Waals surface area contributed by atoms with Crippen molar-refractivity contribution in [2.24, 2.45) is 10.8 Å². The van der Waals surface area contributed by atoms with Gasteiger partial charge in [0.25, 0.3) is 0 Å². The summed E-state index contributed by atoms with van der Waals surface area (Å²) in [6, 6.07) is 0. The zero-order valence-corrected chi connectivity index (χ0v) is 15.8. The highest BCUT2D eigenvalue weighted by Gasteiger charge is 2.33. The number of rotatable bonds is 5. The molecule has 0 rings (SSSR count). The summed E-state index contributed by atoms with van der Waals surface area (Å²) >= 11 is 0. The van der Waals surface area contributed by atoms with Crippen LogP contribution in [0.4, 0.5) is 0 Å². The maximum absolute atomic E-state index is 11.7. The molecule has 0 unspecified atom stereocenters. The first-order chi connectivity index (χ1) is 8.76. The molecule has 20 heavy (non-hydrogen) atoms. The SMILES string of the molecule is C[C@@H](C/C(=C(/C(=O)O)C(C)(C)C)C(C)(C)C)O[SiH](C)C.